The Morgan fingerprint density at radius 1 is 1.22 bits per heavy atom. The molecule has 0 spiro atoms. The lowest BCUT2D eigenvalue weighted by atomic mass is 10.1. The van der Waals surface area contributed by atoms with E-state index in [4.69, 9.17) is 4.74 Å². The lowest BCUT2D eigenvalue weighted by Gasteiger charge is -2.05. The van der Waals surface area contributed by atoms with E-state index in [0.717, 1.165) is 16.7 Å². The highest BCUT2D eigenvalue weighted by Gasteiger charge is 2.01. The van der Waals surface area contributed by atoms with Gasteiger partial charge in [0.2, 0.25) is 0 Å². The molecular weight excluding hydrogens is 290 g/mol. The lowest BCUT2D eigenvalue weighted by Crippen LogP contribution is -2.24. The lowest BCUT2D eigenvalue weighted by molar-refractivity contribution is 0.140. The van der Waals surface area contributed by atoms with Gasteiger partial charge in [0, 0.05) is 18.5 Å². The standard InChI is InChI=1S/C19H19NO3/c1-15-10-11-18(21)13-17(15)9-5-6-12-20-19(22)23-14-16-7-3-2-4-8-16/h2-4,7-8,10-11,13,21H,6,12,14H2,1H3,(H,20,22). The van der Waals surface area contributed by atoms with Gasteiger partial charge in [-0.3, -0.25) is 0 Å². The molecule has 2 aromatic rings. The number of carbonyl (C=O) groups is 1. The molecule has 23 heavy (non-hydrogen) atoms. The highest BCUT2D eigenvalue weighted by molar-refractivity contribution is 5.67. The minimum atomic E-state index is -0.454. The largest absolute Gasteiger partial charge is 0.508 e. The Balaban J connectivity index is 1.70. The Bertz CT molecular complexity index is 714. The number of phenolic OH excluding ortho intramolecular Hbond substituents is 1. The topological polar surface area (TPSA) is 58.6 Å². The molecule has 0 saturated heterocycles. The number of hydrogen-bond donors (Lipinski definition) is 2. The van der Waals surface area contributed by atoms with Crippen LogP contribution in [0.1, 0.15) is 23.1 Å². The summed E-state index contributed by atoms with van der Waals surface area (Å²) in [5.41, 5.74) is 2.74. The van der Waals surface area contributed by atoms with Crippen LogP contribution in [0.5, 0.6) is 5.75 Å². The van der Waals surface area contributed by atoms with Gasteiger partial charge in [0.25, 0.3) is 0 Å². The Labute approximate surface area is 136 Å². The quantitative estimate of drug-likeness (QED) is 0.672. The average Bonchev–Trinajstić information content (AvgIpc) is 2.56. The molecule has 0 aliphatic heterocycles. The summed E-state index contributed by atoms with van der Waals surface area (Å²) >= 11 is 0. The van der Waals surface area contributed by atoms with Crippen LogP contribution in [0, 0.1) is 18.8 Å². The molecule has 0 bridgehead atoms. The number of amides is 1. The van der Waals surface area contributed by atoms with Crippen molar-refractivity contribution in [3.05, 3.63) is 65.2 Å². The van der Waals surface area contributed by atoms with E-state index in [9.17, 15) is 9.90 Å². The molecule has 0 aliphatic carbocycles. The second-order valence-corrected chi connectivity index (χ2v) is 5.04. The summed E-state index contributed by atoms with van der Waals surface area (Å²) < 4.78 is 5.10. The molecule has 0 atom stereocenters. The van der Waals surface area contributed by atoms with Gasteiger partial charge in [0.05, 0.1) is 0 Å². The van der Waals surface area contributed by atoms with E-state index in [-0.39, 0.29) is 12.4 Å². The Hall–Kier alpha value is -2.93. The van der Waals surface area contributed by atoms with E-state index in [1.807, 2.05) is 43.3 Å². The van der Waals surface area contributed by atoms with Crippen LogP contribution in [0.3, 0.4) is 0 Å². The van der Waals surface area contributed by atoms with Gasteiger partial charge in [-0.1, -0.05) is 48.2 Å². The van der Waals surface area contributed by atoms with Gasteiger partial charge >= 0.3 is 6.09 Å². The zero-order chi connectivity index (χ0) is 16.5. The van der Waals surface area contributed by atoms with Crippen molar-refractivity contribution in [2.24, 2.45) is 0 Å². The van der Waals surface area contributed by atoms with Crippen molar-refractivity contribution in [3.63, 3.8) is 0 Å². The molecule has 0 aromatic heterocycles. The number of aromatic hydroxyl groups is 1. The third-order valence-corrected chi connectivity index (χ3v) is 3.18. The first-order chi connectivity index (χ1) is 11.1. The summed E-state index contributed by atoms with van der Waals surface area (Å²) in [6.07, 6.45) is 0.0550. The number of ether oxygens (including phenoxy) is 1. The molecule has 0 radical (unpaired) electrons. The smallest absolute Gasteiger partial charge is 0.407 e. The summed E-state index contributed by atoms with van der Waals surface area (Å²) in [6.45, 7) is 2.60. The molecule has 1 amide bonds. The van der Waals surface area contributed by atoms with Crippen molar-refractivity contribution in [2.75, 3.05) is 6.54 Å². The first-order valence-electron chi connectivity index (χ1n) is 7.38. The number of alkyl carbamates (subject to hydrolysis) is 1. The molecule has 2 rings (SSSR count). The average molecular weight is 309 g/mol. The molecule has 0 unspecified atom stereocenters. The maximum Gasteiger partial charge on any atom is 0.407 e. The maximum absolute atomic E-state index is 11.5. The minimum Gasteiger partial charge on any atom is -0.508 e. The maximum atomic E-state index is 11.5. The summed E-state index contributed by atoms with van der Waals surface area (Å²) in [6, 6.07) is 14.6. The van der Waals surface area contributed by atoms with Crippen molar-refractivity contribution in [1.82, 2.24) is 5.32 Å². The summed E-state index contributed by atoms with van der Waals surface area (Å²) in [7, 11) is 0. The fourth-order valence-corrected chi connectivity index (χ4v) is 1.90. The fourth-order valence-electron chi connectivity index (χ4n) is 1.90. The normalized spacial score (nSPS) is 9.61. The molecule has 118 valence electrons. The molecule has 4 heteroatoms. The molecule has 0 heterocycles. The van der Waals surface area contributed by atoms with Crippen molar-refractivity contribution in [3.8, 4) is 17.6 Å². The number of benzene rings is 2. The highest BCUT2D eigenvalue weighted by atomic mass is 16.5. The Kier molecular flexibility index (Phi) is 6.07. The van der Waals surface area contributed by atoms with Crippen LogP contribution < -0.4 is 5.32 Å². The zero-order valence-electron chi connectivity index (χ0n) is 13.0. The molecule has 0 aliphatic rings. The third-order valence-electron chi connectivity index (χ3n) is 3.18. The van der Waals surface area contributed by atoms with Gasteiger partial charge in [-0.15, -0.1) is 0 Å². The number of carbonyl (C=O) groups excluding carboxylic acids is 1. The van der Waals surface area contributed by atoms with E-state index < -0.39 is 6.09 Å². The van der Waals surface area contributed by atoms with Crippen LogP contribution in [-0.2, 0) is 11.3 Å². The van der Waals surface area contributed by atoms with Crippen molar-refractivity contribution in [1.29, 1.82) is 0 Å². The highest BCUT2D eigenvalue weighted by Crippen LogP contribution is 2.14. The molecule has 2 N–H and O–H groups in total. The number of phenols is 1. The predicted molar refractivity (Wildman–Crippen MR) is 89.0 cm³/mol. The zero-order valence-corrected chi connectivity index (χ0v) is 13.0. The second-order valence-electron chi connectivity index (χ2n) is 5.04. The number of hydrogen-bond acceptors (Lipinski definition) is 3. The summed E-state index contributed by atoms with van der Waals surface area (Å²) in [5.74, 6) is 6.15. The molecule has 0 fully saturated rings. The number of nitrogens with one attached hydrogen (secondary N) is 1. The molecular formula is C19H19NO3. The van der Waals surface area contributed by atoms with Crippen LogP contribution in [0.15, 0.2) is 48.5 Å². The van der Waals surface area contributed by atoms with Gasteiger partial charge in [0.15, 0.2) is 0 Å². The van der Waals surface area contributed by atoms with E-state index in [1.54, 1.807) is 12.1 Å². The SMILES string of the molecule is Cc1ccc(O)cc1C#CCCNC(=O)OCc1ccccc1. The van der Waals surface area contributed by atoms with Gasteiger partial charge in [-0.2, -0.15) is 0 Å². The van der Waals surface area contributed by atoms with E-state index in [2.05, 4.69) is 17.2 Å². The second kappa shape index (κ2) is 8.50. The Morgan fingerprint density at radius 3 is 2.78 bits per heavy atom. The van der Waals surface area contributed by atoms with E-state index >= 15 is 0 Å². The van der Waals surface area contributed by atoms with Crippen LogP contribution in [0.4, 0.5) is 4.79 Å². The predicted octanol–water partition coefficient (Wildman–Crippen LogP) is 3.37. The number of aryl methyl sites for hydroxylation is 1. The van der Waals surface area contributed by atoms with E-state index in [0.29, 0.717) is 13.0 Å². The first kappa shape index (κ1) is 16.4. The third kappa shape index (κ3) is 5.76. The minimum absolute atomic E-state index is 0.197. The first-order valence-corrected chi connectivity index (χ1v) is 7.38. The van der Waals surface area contributed by atoms with Crippen LogP contribution >= 0.6 is 0 Å². The Morgan fingerprint density at radius 2 is 2.00 bits per heavy atom. The van der Waals surface area contributed by atoms with Crippen LogP contribution in [0.25, 0.3) is 0 Å². The molecule has 0 saturated carbocycles. The monoisotopic (exact) mass is 309 g/mol. The summed E-state index contributed by atoms with van der Waals surface area (Å²) in [5, 5.41) is 12.1. The van der Waals surface area contributed by atoms with Crippen LogP contribution in [0.2, 0.25) is 0 Å². The number of rotatable bonds is 4. The van der Waals surface area contributed by atoms with Gasteiger partial charge in [-0.25, -0.2) is 4.79 Å². The molecule has 4 nitrogen and oxygen atoms in total. The fraction of sp³-hybridized carbons (Fsp3) is 0.211. The van der Waals surface area contributed by atoms with Crippen molar-refractivity contribution in [2.45, 2.75) is 20.0 Å². The van der Waals surface area contributed by atoms with Crippen molar-refractivity contribution < 1.29 is 14.6 Å². The molecule has 2 aromatic carbocycles. The van der Waals surface area contributed by atoms with Crippen molar-refractivity contribution >= 4 is 6.09 Å². The van der Waals surface area contributed by atoms with Gasteiger partial charge < -0.3 is 15.2 Å². The van der Waals surface area contributed by atoms with Crippen LogP contribution in [-0.4, -0.2) is 17.7 Å². The van der Waals surface area contributed by atoms with Gasteiger partial charge in [0.1, 0.15) is 12.4 Å². The van der Waals surface area contributed by atoms with E-state index in [1.165, 1.54) is 0 Å². The van der Waals surface area contributed by atoms with Gasteiger partial charge in [-0.05, 0) is 30.2 Å². The summed E-state index contributed by atoms with van der Waals surface area (Å²) in [4.78, 5) is 11.5.